The van der Waals surface area contributed by atoms with Gasteiger partial charge in [0.2, 0.25) is 0 Å². The second-order valence-electron chi connectivity index (χ2n) is 7.79. The summed E-state index contributed by atoms with van der Waals surface area (Å²) in [5.41, 5.74) is 2.37. The van der Waals surface area contributed by atoms with Crippen LogP contribution in [-0.4, -0.2) is 30.4 Å². The molecule has 2 aromatic carbocycles. The summed E-state index contributed by atoms with van der Waals surface area (Å²) in [7, 11) is 1.64. The third-order valence-electron chi connectivity index (χ3n) is 4.96. The third-order valence-corrected chi connectivity index (χ3v) is 4.96. The Hall–Kier alpha value is -2.89. The van der Waals surface area contributed by atoms with Crippen LogP contribution in [0.1, 0.15) is 50.3 Å². The van der Waals surface area contributed by atoms with Crippen molar-refractivity contribution >= 4 is 5.97 Å². The van der Waals surface area contributed by atoms with Crippen molar-refractivity contribution in [1.82, 2.24) is 0 Å². The van der Waals surface area contributed by atoms with Crippen molar-refractivity contribution in [3.63, 3.8) is 0 Å². The number of aliphatic carboxylic acids is 1. The number of fused-ring (bicyclic) bond motifs is 1. The van der Waals surface area contributed by atoms with E-state index in [1.807, 2.05) is 19.1 Å². The molecule has 6 heteroatoms. The summed E-state index contributed by atoms with van der Waals surface area (Å²) in [6, 6.07) is 9.17. The van der Waals surface area contributed by atoms with Gasteiger partial charge in [-0.15, -0.1) is 0 Å². The summed E-state index contributed by atoms with van der Waals surface area (Å²) in [6.45, 7) is 8.35. The Labute approximate surface area is 171 Å². The van der Waals surface area contributed by atoms with E-state index in [2.05, 4.69) is 13.8 Å². The molecule has 2 aromatic rings. The molecular weight excluding hydrogens is 372 g/mol. The molecular formula is C23H28O6. The summed E-state index contributed by atoms with van der Waals surface area (Å²) < 4.78 is 23.2. The maximum Gasteiger partial charge on any atom is 0.310 e. The molecule has 0 saturated carbocycles. The third kappa shape index (κ3) is 4.58. The first-order valence-electron chi connectivity index (χ1n) is 9.75. The minimum atomic E-state index is -0.897. The van der Waals surface area contributed by atoms with Crippen LogP contribution in [0.2, 0.25) is 0 Å². The van der Waals surface area contributed by atoms with Gasteiger partial charge in [0, 0.05) is 29.2 Å². The second kappa shape index (κ2) is 8.23. The maximum absolute atomic E-state index is 11.4. The monoisotopic (exact) mass is 400 g/mol. The van der Waals surface area contributed by atoms with Crippen molar-refractivity contribution in [3.8, 4) is 23.0 Å². The van der Waals surface area contributed by atoms with Crippen LogP contribution in [0.15, 0.2) is 30.3 Å². The van der Waals surface area contributed by atoms with Crippen molar-refractivity contribution in [2.75, 3.05) is 13.7 Å². The van der Waals surface area contributed by atoms with Gasteiger partial charge in [0.15, 0.2) is 0 Å². The van der Waals surface area contributed by atoms with Crippen molar-refractivity contribution in [2.45, 2.75) is 52.2 Å². The zero-order valence-corrected chi connectivity index (χ0v) is 17.6. The Balaban J connectivity index is 1.84. The fourth-order valence-electron chi connectivity index (χ4n) is 3.52. The minimum absolute atomic E-state index is 0.264. The molecule has 0 aliphatic carbocycles. The predicted molar refractivity (Wildman–Crippen MR) is 109 cm³/mol. The van der Waals surface area contributed by atoms with Crippen LogP contribution in [0.25, 0.3) is 0 Å². The highest BCUT2D eigenvalue weighted by atomic mass is 16.5. The van der Waals surface area contributed by atoms with Gasteiger partial charge in [-0.05, 0) is 45.9 Å². The van der Waals surface area contributed by atoms with Gasteiger partial charge in [0.05, 0.1) is 19.6 Å². The number of benzene rings is 2. The molecule has 0 radical (unpaired) electrons. The molecule has 0 amide bonds. The van der Waals surface area contributed by atoms with Gasteiger partial charge in [0.25, 0.3) is 0 Å². The van der Waals surface area contributed by atoms with E-state index in [1.165, 1.54) is 0 Å². The van der Waals surface area contributed by atoms with E-state index in [-0.39, 0.29) is 5.60 Å². The van der Waals surface area contributed by atoms with Crippen LogP contribution in [0.5, 0.6) is 23.0 Å². The average Bonchev–Trinajstić information content (AvgIpc) is 2.99. The van der Waals surface area contributed by atoms with Gasteiger partial charge in [-0.25, -0.2) is 0 Å². The summed E-state index contributed by atoms with van der Waals surface area (Å²) in [4.78, 5) is 11.4. The van der Waals surface area contributed by atoms with Crippen LogP contribution < -0.4 is 18.9 Å². The number of methoxy groups -OCH3 is 1. The molecule has 1 aliphatic rings. The zero-order chi connectivity index (χ0) is 21.2. The van der Waals surface area contributed by atoms with E-state index < -0.39 is 11.9 Å². The first-order valence-corrected chi connectivity index (χ1v) is 9.75. The zero-order valence-electron chi connectivity index (χ0n) is 17.6. The normalized spacial score (nSPS) is 15.2. The van der Waals surface area contributed by atoms with Crippen molar-refractivity contribution in [2.24, 2.45) is 0 Å². The Kier molecular flexibility index (Phi) is 5.91. The van der Waals surface area contributed by atoms with Gasteiger partial charge >= 0.3 is 5.97 Å². The van der Waals surface area contributed by atoms with Gasteiger partial charge < -0.3 is 24.1 Å². The van der Waals surface area contributed by atoms with E-state index in [1.54, 1.807) is 32.2 Å². The van der Waals surface area contributed by atoms with Gasteiger partial charge in [-0.1, -0.05) is 6.07 Å². The number of carbonyl (C=O) groups is 1. The molecule has 0 spiro atoms. The van der Waals surface area contributed by atoms with Gasteiger partial charge in [0.1, 0.15) is 35.2 Å². The highest BCUT2D eigenvalue weighted by Crippen LogP contribution is 2.41. The molecule has 29 heavy (non-hydrogen) atoms. The predicted octanol–water partition coefficient (Wildman–Crippen LogP) is 4.57. The second-order valence-corrected chi connectivity index (χ2v) is 7.79. The fraction of sp³-hybridized carbons (Fsp3) is 0.435. The first-order chi connectivity index (χ1) is 13.7. The molecule has 0 saturated heterocycles. The van der Waals surface area contributed by atoms with Gasteiger partial charge in [-0.2, -0.15) is 0 Å². The smallest absolute Gasteiger partial charge is 0.310 e. The largest absolute Gasteiger partial charge is 0.497 e. The topological polar surface area (TPSA) is 74.2 Å². The molecule has 0 bridgehead atoms. The summed E-state index contributed by atoms with van der Waals surface area (Å²) >= 11 is 0. The lowest BCUT2D eigenvalue weighted by Gasteiger charge is -2.19. The molecule has 3 rings (SSSR count). The highest BCUT2D eigenvalue weighted by molar-refractivity contribution is 5.76. The van der Waals surface area contributed by atoms with Crippen LogP contribution >= 0.6 is 0 Å². The van der Waals surface area contributed by atoms with Crippen molar-refractivity contribution in [3.05, 3.63) is 47.0 Å². The number of ether oxygens (including phenoxy) is 4. The molecule has 0 aromatic heterocycles. The van der Waals surface area contributed by atoms with Crippen molar-refractivity contribution < 1.29 is 28.8 Å². The summed E-state index contributed by atoms with van der Waals surface area (Å²) in [6.07, 6.45) is 0.808. The lowest BCUT2D eigenvalue weighted by atomic mass is 10.00. The van der Waals surface area contributed by atoms with E-state index >= 15 is 0 Å². The van der Waals surface area contributed by atoms with E-state index in [4.69, 9.17) is 18.9 Å². The standard InChI is InChI=1S/C23H28O6/c1-6-27-20-11-17(7-8-19(20)14(2)22(24)25)28-13-16-10-18(26-5)9-15-12-23(3,4)29-21(15)16/h7-11,14H,6,12-13H2,1-5H3,(H,24,25). The molecule has 6 nitrogen and oxygen atoms in total. The fourth-order valence-corrected chi connectivity index (χ4v) is 3.52. The molecule has 0 fully saturated rings. The van der Waals surface area contributed by atoms with E-state index in [9.17, 15) is 9.90 Å². The molecule has 1 heterocycles. The number of hydrogen-bond acceptors (Lipinski definition) is 5. The highest BCUT2D eigenvalue weighted by Gasteiger charge is 2.32. The number of rotatable bonds is 8. The summed E-state index contributed by atoms with van der Waals surface area (Å²) in [5, 5.41) is 9.32. The first kappa shape index (κ1) is 20.8. The summed E-state index contributed by atoms with van der Waals surface area (Å²) in [5.74, 6) is 1.17. The van der Waals surface area contributed by atoms with Crippen molar-refractivity contribution in [1.29, 1.82) is 0 Å². The Morgan fingerprint density at radius 3 is 2.62 bits per heavy atom. The lowest BCUT2D eigenvalue weighted by molar-refractivity contribution is -0.138. The number of carboxylic acid groups (broad SMARTS) is 1. The van der Waals surface area contributed by atoms with Crippen LogP contribution in [-0.2, 0) is 17.8 Å². The maximum atomic E-state index is 11.4. The van der Waals surface area contributed by atoms with Crippen LogP contribution in [0.4, 0.5) is 0 Å². The quantitative estimate of drug-likeness (QED) is 0.699. The van der Waals surface area contributed by atoms with E-state index in [0.717, 1.165) is 29.0 Å². The SMILES string of the molecule is CCOc1cc(OCc2cc(OC)cc3c2OC(C)(C)C3)ccc1C(C)C(=O)O. The van der Waals surface area contributed by atoms with Gasteiger partial charge in [-0.3, -0.25) is 4.79 Å². The minimum Gasteiger partial charge on any atom is -0.497 e. The van der Waals surface area contributed by atoms with E-state index in [0.29, 0.717) is 30.3 Å². The molecule has 1 atom stereocenters. The molecule has 1 unspecified atom stereocenters. The lowest BCUT2D eigenvalue weighted by Crippen LogP contribution is -2.25. The number of carboxylic acids is 1. The average molecular weight is 400 g/mol. The number of hydrogen-bond donors (Lipinski definition) is 1. The Morgan fingerprint density at radius 2 is 1.97 bits per heavy atom. The van der Waals surface area contributed by atoms with Crippen LogP contribution in [0, 0.1) is 0 Å². The Morgan fingerprint density at radius 1 is 1.21 bits per heavy atom. The molecule has 156 valence electrons. The molecule has 1 N–H and O–H groups in total. The Bertz CT molecular complexity index is 902. The molecule has 1 aliphatic heterocycles. The van der Waals surface area contributed by atoms with Crippen LogP contribution in [0.3, 0.4) is 0 Å².